The van der Waals surface area contributed by atoms with Crippen LogP contribution in [0.15, 0.2) is 18.2 Å². The average molecular weight is 289 g/mol. The van der Waals surface area contributed by atoms with Gasteiger partial charge in [0.05, 0.1) is 5.69 Å². The fraction of sp³-hybridized carbons (Fsp3) is 0.500. The van der Waals surface area contributed by atoms with E-state index in [0.29, 0.717) is 26.3 Å². The van der Waals surface area contributed by atoms with Crippen LogP contribution in [0, 0.1) is 0 Å². The molecule has 0 spiro atoms. The van der Waals surface area contributed by atoms with Gasteiger partial charge in [-0.2, -0.15) is 0 Å². The molecule has 1 aromatic carbocycles. The summed E-state index contributed by atoms with van der Waals surface area (Å²) in [6.07, 6.45) is 0. The number of benzene rings is 1. The first-order valence-electron chi connectivity index (χ1n) is 5.92. The molecular weight excluding hydrogens is 275 g/mol. The third kappa shape index (κ3) is 2.32. The zero-order valence-electron chi connectivity index (χ0n) is 9.73. The number of nitrogens with one attached hydrogen (secondary N) is 1. The van der Waals surface area contributed by atoms with Crippen LogP contribution in [0.2, 0.25) is 0 Å². The van der Waals surface area contributed by atoms with E-state index in [0.717, 1.165) is 17.2 Å². The van der Waals surface area contributed by atoms with Crippen molar-refractivity contribution in [1.29, 1.82) is 0 Å². The van der Waals surface area contributed by atoms with E-state index in [9.17, 15) is 0 Å². The van der Waals surface area contributed by atoms with E-state index in [-0.39, 0.29) is 11.0 Å². The van der Waals surface area contributed by atoms with Gasteiger partial charge in [0.2, 0.25) is 0 Å². The minimum atomic E-state index is -0.165. The molecule has 2 aliphatic rings. The Morgan fingerprint density at radius 1 is 1.11 bits per heavy atom. The van der Waals surface area contributed by atoms with Crippen LogP contribution in [0.4, 0.5) is 5.69 Å². The molecule has 4 nitrogen and oxygen atoms in total. The number of piperazine rings is 1. The fourth-order valence-corrected chi connectivity index (χ4v) is 2.97. The molecule has 18 heavy (non-hydrogen) atoms. The van der Waals surface area contributed by atoms with Gasteiger partial charge >= 0.3 is 0 Å². The van der Waals surface area contributed by atoms with Crippen molar-refractivity contribution in [3.05, 3.63) is 18.2 Å². The second kappa shape index (κ2) is 5.03. The number of anilines is 1. The van der Waals surface area contributed by atoms with Gasteiger partial charge in [-0.15, -0.1) is 23.2 Å². The number of fused-ring (bicyclic) bond motifs is 1. The van der Waals surface area contributed by atoms with Gasteiger partial charge in [-0.1, -0.05) is 6.07 Å². The molecule has 0 aromatic heterocycles. The summed E-state index contributed by atoms with van der Waals surface area (Å²) in [5.41, 5.74) is 0.660. The number of nitrogens with zero attached hydrogens (tertiary/aromatic N) is 1. The second-order valence-corrected chi connectivity index (χ2v) is 5.36. The van der Waals surface area contributed by atoms with Crippen molar-refractivity contribution in [2.75, 3.05) is 31.2 Å². The maximum atomic E-state index is 6.13. The van der Waals surface area contributed by atoms with Crippen molar-refractivity contribution in [1.82, 2.24) is 5.32 Å². The van der Waals surface area contributed by atoms with Gasteiger partial charge in [-0.25, -0.2) is 0 Å². The molecule has 6 heteroatoms. The van der Waals surface area contributed by atoms with Crippen molar-refractivity contribution in [3.63, 3.8) is 0 Å². The molecule has 0 aliphatic carbocycles. The maximum Gasteiger partial charge on any atom is 0.184 e. The standard InChI is InChI=1S/C12H14Cl2N2O2/c13-10-6-16(7-11(14)15-10)8-2-1-3-9-12(8)18-5-4-17-9/h1-3,10-11,15H,4-7H2. The highest BCUT2D eigenvalue weighted by atomic mass is 35.5. The summed E-state index contributed by atoms with van der Waals surface area (Å²) in [4.78, 5) is 2.12. The topological polar surface area (TPSA) is 33.7 Å². The molecule has 2 heterocycles. The summed E-state index contributed by atoms with van der Waals surface area (Å²) in [7, 11) is 0. The van der Waals surface area contributed by atoms with Crippen molar-refractivity contribution in [3.8, 4) is 11.5 Å². The lowest BCUT2D eigenvalue weighted by molar-refractivity contribution is 0.172. The SMILES string of the molecule is ClC1CN(c2cccc3c2OCCO3)CC(Cl)N1. The number of hydrogen-bond donors (Lipinski definition) is 1. The van der Waals surface area contributed by atoms with Crippen molar-refractivity contribution >= 4 is 28.9 Å². The van der Waals surface area contributed by atoms with E-state index in [1.54, 1.807) is 0 Å². The molecule has 0 radical (unpaired) electrons. The van der Waals surface area contributed by atoms with Crippen LogP contribution in [0.1, 0.15) is 0 Å². The molecule has 2 unspecified atom stereocenters. The average Bonchev–Trinajstić information content (AvgIpc) is 2.37. The third-order valence-electron chi connectivity index (χ3n) is 3.01. The largest absolute Gasteiger partial charge is 0.486 e. The maximum absolute atomic E-state index is 6.13. The van der Waals surface area contributed by atoms with Crippen molar-refractivity contribution in [2.45, 2.75) is 11.0 Å². The van der Waals surface area contributed by atoms with E-state index in [1.165, 1.54) is 0 Å². The number of hydrogen-bond acceptors (Lipinski definition) is 4. The first-order chi connectivity index (χ1) is 8.74. The van der Waals surface area contributed by atoms with Crippen LogP contribution in [0.3, 0.4) is 0 Å². The molecule has 1 aromatic rings. The van der Waals surface area contributed by atoms with Gasteiger partial charge in [-0.3, -0.25) is 5.32 Å². The van der Waals surface area contributed by atoms with Crippen LogP contribution < -0.4 is 19.7 Å². The highest BCUT2D eigenvalue weighted by Crippen LogP contribution is 2.40. The molecule has 0 bridgehead atoms. The number of alkyl halides is 2. The van der Waals surface area contributed by atoms with Gasteiger partial charge in [0.1, 0.15) is 24.2 Å². The Morgan fingerprint density at radius 2 is 1.83 bits per heavy atom. The molecule has 1 saturated heterocycles. The highest BCUT2D eigenvalue weighted by Gasteiger charge is 2.27. The van der Waals surface area contributed by atoms with Gasteiger partial charge in [-0.05, 0) is 12.1 Å². The quantitative estimate of drug-likeness (QED) is 0.633. The minimum absolute atomic E-state index is 0.165. The lowest BCUT2D eigenvalue weighted by Crippen LogP contribution is -2.52. The number of halogens is 2. The number of rotatable bonds is 1. The van der Waals surface area contributed by atoms with Crippen molar-refractivity contribution in [2.24, 2.45) is 0 Å². The van der Waals surface area contributed by atoms with E-state index in [2.05, 4.69) is 10.2 Å². The molecule has 2 atom stereocenters. The molecular formula is C12H14Cl2N2O2. The first-order valence-corrected chi connectivity index (χ1v) is 6.79. The van der Waals surface area contributed by atoms with Crippen LogP contribution >= 0.6 is 23.2 Å². The van der Waals surface area contributed by atoms with Gasteiger partial charge < -0.3 is 14.4 Å². The molecule has 2 aliphatic heterocycles. The molecule has 0 amide bonds. The summed E-state index contributed by atoms with van der Waals surface area (Å²) in [6.45, 7) is 2.54. The van der Waals surface area contributed by atoms with Crippen LogP contribution in [-0.2, 0) is 0 Å². The van der Waals surface area contributed by atoms with Gasteiger partial charge in [0.25, 0.3) is 0 Å². The van der Waals surface area contributed by atoms with E-state index in [4.69, 9.17) is 32.7 Å². The minimum Gasteiger partial charge on any atom is -0.486 e. The van der Waals surface area contributed by atoms with E-state index >= 15 is 0 Å². The monoisotopic (exact) mass is 288 g/mol. The van der Waals surface area contributed by atoms with E-state index in [1.807, 2.05) is 18.2 Å². The number of ether oxygens (including phenoxy) is 2. The summed E-state index contributed by atoms with van der Waals surface area (Å²) < 4.78 is 11.3. The zero-order valence-corrected chi connectivity index (χ0v) is 11.2. The summed E-state index contributed by atoms with van der Waals surface area (Å²) in [5.74, 6) is 1.58. The molecule has 3 rings (SSSR count). The predicted octanol–water partition coefficient (Wildman–Crippen LogP) is 2.00. The molecule has 0 saturated carbocycles. The summed E-state index contributed by atoms with van der Waals surface area (Å²) >= 11 is 12.3. The number of para-hydroxylation sites is 1. The fourth-order valence-electron chi connectivity index (χ4n) is 2.27. The Kier molecular flexibility index (Phi) is 3.41. The molecule has 1 fully saturated rings. The Morgan fingerprint density at radius 3 is 2.61 bits per heavy atom. The van der Waals surface area contributed by atoms with Crippen LogP contribution in [0.25, 0.3) is 0 Å². The Bertz CT molecular complexity index is 434. The Labute approximate surface area is 116 Å². The normalized spacial score (nSPS) is 27.1. The van der Waals surface area contributed by atoms with Crippen molar-refractivity contribution < 1.29 is 9.47 Å². The first kappa shape index (κ1) is 12.2. The predicted molar refractivity (Wildman–Crippen MR) is 72.1 cm³/mol. The van der Waals surface area contributed by atoms with Crippen LogP contribution in [-0.4, -0.2) is 37.3 Å². The Balaban J connectivity index is 1.91. The lowest BCUT2D eigenvalue weighted by Gasteiger charge is -2.36. The Hall–Kier alpha value is -0.840. The smallest absolute Gasteiger partial charge is 0.184 e. The van der Waals surface area contributed by atoms with Crippen LogP contribution in [0.5, 0.6) is 11.5 Å². The highest BCUT2D eigenvalue weighted by molar-refractivity contribution is 6.23. The van der Waals surface area contributed by atoms with Gasteiger partial charge in [0, 0.05) is 13.1 Å². The summed E-state index contributed by atoms with van der Waals surface area (Å²) in [6, 6.07) is 5.87. The zero-order chi connectivity index (χ0) is 12.5. The summed E-state index contributed by atoms with van der Waals surface area (Å²) in [5, 5.41) is 3.08. The third-order valence-corrected chi connectivity index (χ3v) is 3.54. The second-order valence-electron chi connectivity index (χ2n) is 4.31. The molecule has 98 valence electrons. The molecule has 1 N–H and O–H groups in total. The van der Waals surface area contributed by atoms with Gasteiger partial charge in [0.15, 0.2) is 11.5 Å². The van der Waals surface area contributed by atoms with E-state index < -0.39 is 0 Å². The lowest BCUT2D eigenvalue weighted by atomic mass is 10.2.